The van der Waals surface area contributed by atoms with Gasteiger partial charge in [0.25, 0.3) is 5.91 Å². The molecular formula is C14H14N2O3S. The molecule has 2 N–H and O–H groups in total. The van der Waals surface area contributed by atoms with Gasteiger partial charge in [0.1, 0.15) is 0 Å². The Bertz CT molecular complexity index is 620. The van der Waals surface area contributed by atoms with Crippen LogP contribution in [-0.2, 0) is 6.42 Å². The topological polar surface area (TPSA) is 79.3 Å². The van der Waals surface area contributed by atoms with E-state index >= 15 is 0 Å². The van der Waals surface area contributed by atoms with Crippen molar-refractivity contribution >= 4 is 23.2 Å². The Labute approximate surface area is 120 Å². The Morgan fingerprint density at radius 1 is 1.25 bits per heavy atom. The van der Waals surface area contributed by atoms with Gasteiger partial charge in [-0.1, -0.05) is 0 Å². The predicted molar refractivity (Wildman–Crippen MR) is 76.3 cm³/mol. The molecule has 0 fully saturated rings. The Morgan fingerprint density at radius 2 is 1.90 bits per heavy atom. The van der Waals surface area contributed by atoms with Crippen molar-refractivity contribution in [3.63, 3.8) is 0 Å². The fraction of sp³-hybridized carbons (Fsp3) is 0.214. The van der Waals surface area contributed by atoms with Crippen LogP contribution in [0.4, 0.5) is 0 Å². The molecule has 0 atom stereocenters. The maximum atomic E-state index is 11.8. The van der Waals surface area contributed by atoms with Crippen molar-refractivity contribution in [3.05, 3.63) is 51.5 Å². The van der Waals surface area contributed by atoms with E-state index in [4.69, 9.17) is 5.11 Å². The first-order valence-electron chi connectivity index (χ1n) is 6.09. The van der Waals surface area contributed by atoms with Crippen LogP contribution in [-0.4, -0.2) is 28.5 Å². The third-order valence-corrected chi connectivity index (χ3v) is 3.71. The summed E-state index contributed by atoms with van der Waals surface area (Å²) in [6.07, 6.45) is 0.692. The first-order valence-corrected chi connectivity index (χ1v) is 6.97. The Morgan fingerprint density at radius 3 is 2.45 bits per heavy atom. The molecule has 1 aromatic carbocycles. The summed E-state index contributed by atoms with van der Waals surface area (Å²) in [5.41, 5.74) is 1.60. The van der Waals surface area contributed by atoms with E-state index in [9.17, 15) is 9.59 Å². The van der Waals surface area contributed by atoms with Crippen LogP contribution in [0.15, 0.2) is 29.6 Å². The van der Waals surface area contributed by atoms with Crippen LogP contribution in [0.3, 0.4) is 0 Å². The van der Waals surface area contributed by atoms with Crippen molar-refractivity contribution in [2.24, 2.45) is 0 Å². The molecule has 104 valence electrons. The highest BCUT2D eigenvalue weighted by Gasteiger charge is 2.07. The summed E-state index contributed by atoms with van der Waals surface area (Å²) >= 11 is 1.57. The number of aromatic carboxylic acids is 1. The highest BCUT2D eigenvalue weighted by molar-refractivity contribution is 7.09. The third-order valence-electron chi connectivity index (χ3n) is 2.69. The predicted octanol–water partition coefficient (Wildman–Crippen LogP) is 2.12. The van der Waals surface area contributed by atoms with Gasteiger partial charge in [-0.2, -0.15) is 0 Å². The number of carboxylic acids is 1. The molecule has 20 heavy (non-hydrogen) atoms. The minimum absolute atomic E-state index is 0.166. The molecule has 0 aliphatic heterocycles. The lowest BCUT2D eigenvalue weighted by atomic mass is 10.1. The van der Waals surface area contributed by atoms with Gasteiger partial charge in [-0.05, 0) is 31.2 Å². The number of carbonyl (C=O) groups is 2. The van der Waals surface area contributed by atoms with Gasteiger partial charge in [-0.15, -0.1) is 11.3 Å². The zero-order chi connectivity index (χ0) is 14.5. The number of benzene rings is 1. The van der Waals surface area contributed by atoms with Crippen LogP contribution in [0.2, 0.25) is 0 Å². The van der Waals surface area contributed by atoms with Gasteiger partial charge in [0.2, 0.25) is 0 Å². The molecule has 6 heteroatoms. The summed E-state index contributed by atoms with van der Waals surface area (Å²) in [5, 5.41) is 14.5. The molecule has 0 unspecified atom stereocenters. The Balaban J connectivity index is 1.86. The average molecular weight is 290 g/mol. The number of nitrogens with one attached hydrogen (secondary N) is 1. The molecule has 2 rings (SSSR count). The Hall–Kier alpha value is -2.21. The van der Waals surface area contributed by atoms with Gasteiger partial charge in [-0.25, -0.2) is 9.78 Å². The SMILES string of the molecule is Cc1csc(CCNC(=O)c2ccc(C(=O)O)cc2)n1. The van der Waals surface area contributed by atoms with Crippen molar-refractivity contribution < 1.29 is 14.7 Å². The molecule has 5 nitrogen and oxygen atoms in total. The largest absolute Gasteiger partial charge is 0.478 e. The van der Waals surface area contributed by atoms with Gasteiger partial charge in [-0.3, -0.25) is 4.79 Å². The van der Waals surface area contributed by atoms with E-state index in [0.717, 1.165) is 10.7 Å². The zero-order valence-corrected chi connectivity index (χ0v) is 11.7. The highest BCUT2D eigenvalue weighted by atomic mass is 32.1. The first-order chi connectivity index (χ1) is 9.56. The van der Waals surface area contributed by atoms with Crippen molar-refractivity contribution in [2.75, 3.05) is 6.54 Å². The first kappa shape index (κ1) is 14.2. The molecule has 1 heterocycles. The van der Waals surface area contributed by atoms with Crippen LogP contribution in [0.25, 0.3) is 0 Å². The van der Waals surface area contributed by atoms with Crippen LogP contribution >= 0.6 is 11.3 Å². The molecule has 0 saturated heterocycles. The molecule has 1 aromatic heterocycles. The number of rotatable bonds is 5. The van der Waals surface area contributed by atoms with Gasteiger partial charge in [0.05, 0.1) is 10.6 Å². The van der Waals surface area contributed by atoms with E-state index in [-0.39, 0.29) is 11.5 Å². The normalized spacial score (nSPS) is 10.2. The van der Waals surface area contributed by atoms with Crippen molar-refractivity contribution in [3.8, 4) is 0 Å². The second-order valence-electron chi connectivity index (χ2n) is 4.27. The summed E-state index contributed by atoms with van der Waals surface area (Å²) in [5.74, 6) is -1.22. The number of carbonyl (C=O) groups excluding carboxylic acids is 1. The van der Waals surface area contributed by atoms with E-state index in [1.807, 2.05) is 12.3 Å². The third kappa shape index (κ3) is 3.64. The lowest BCUT2D eigenvalue weighted by molar-refractivity contribution is 0.0696. The number of carboxylic acid groups (broad SMARTS) is 1. The van der Waals surface area contributed by atoms with E-state index < -0.39 is 5.97 Å². The summed E-state index contributed by atoms with van der Waals surface area (Å²) in [4.78, 5) is 26.9. The monoisotopic (exact) mass is 290 g/mol. The lowest BCUT2D eigenvalue weighted by Gasteiger charge is -2.04. The van der Waals surface area contributed by atoms with Gasteiger partial charge < -0.3 is 10.4 Å². The Kier molecular flexibility index (Phi) is 4.47. The smallest absolute Gasteiger partial charge is 0.335 e. The molecule has 2 aromatic rings. The molecule has 0 radical (unpaired) electrons. The van der Waals surface area contributed by atoms with Crippen molar-refractivity contribution in [1.29, 1.82) is 0 Å². The van der Waals surface area contributed by atoms with Crippen LogP contribution in [0, 0.1) is 6.92 Å². The summed E-state index contributed by atoms with van der Waals surface area (Å²) < 4.78 is 0. The number of aryl methyl sites for hydroxylation is 1. The molecule has 0 aliphatic carbocycles. The second-order valence-corrected chi connectivity index (χ2v) is 5.21. The van der Waals surface area contributed by atoms with E-state index in [1.54, 1.807) is 11.3 Å². The number of nitrogens with zero attached hydrogens (tertiary/aromatic N) is 1. The number of amides is 1. The zero-order valence-electron chi connectivity index (χ0n) is 10.9. The average Bonchev–Trinajstić information content (AvgIpc) is 2.84. The minimum atomic E-state index is -1.00. The highest BCUT2D eigenvalue weighted by Crippen LogP contribution is 2.09. The maximum Gasteiger partial charge on any atom is 0.335 e. The molecule has 0 spiro atoms. The van der Waals surface area contributed by atoms with Gasteiger partial charge in [0, 0.05) is 29.6 Å². The fourth-order valence-electron chi connectivity index (χ4n) is 1.67. The van der Waals surface area contributed by atoms with Crippen molar-refractivity contribution in [1.82, 2.24) is 10.3 Å². The quantitative estimate of drug-likeness (QED) is 0.884. The van der Waals surface area contributed by atoms with E-state index in [2.05, 4.69) is 10.3 Å². The number of thiazole rings is 1. The van der Waals surface area contributed by atoms with Crippen molar-refractivity contribution in [2.45, 2.75) is 13.3 Å². The summed E-state index contributed by atoms with van der Waals surface area (Å²) in [6, 6.07) is 5.85. The van der Waals surface area contributed by atoms with Gasteiger partial charge in [0.15, 0.2) is 0 Å². The molecule has 0 saturated carbocycles. The second kappa shape index (κ2) is 6.29. The van der Waals surface area contributed by atoms with E-state index in [1.165, 1.54) is 24.3 Å². The fourth-order valence-corrected chi connectivity index (χ4v) is 2.44. The number of aromatic nitrogens is 1. The standard InChI is InChI=1S/C14H14N2O3S/c1-9-8-20-12(16-9)6-7-15-13(17)10-2-4-11(5-3-10)14(18)19/h2-5,8H,6-7H2,1H3,(H,15,17)(H,18,19). The van der Waals surface area contributed by atoms with E-state index in [0.29, 0.717) is 18.5 Å². The van der Waals surface area contributed by atoms with Crippen LogP contribution < -0.4 is 5.32 Å². The minimum Gasteiger partial charge on any atom is -0.478 e. The maximum absolute atomic E-state index is 11.8. The number of hydrogen-bond donors (Lipinski definition) is 2. The lowest BCUT2D eigenvalue weighted by Crippen LogP contribution is -2.25. The van der Waals surface area contributed by atoms with Crippen LogP contribution in [0.5, 0.6) is 0 Å². The molecule has 0 bridgehead atoms. The summed E-state index contributed by atoms with van der Waals surface area (Å²) in [7, 11) is 0. The van der Waals surface area contributed by atoms with Gasteiger partial charge >= 0.3 is 5.97 Å². The van der Waals surface area contributed by atoms with Crippen LogP contribution in [0.1, 0.15) is 31.4 Å². The molecule has 0 aliphatic rings. The molecular weight excluding hydrogens is 276 g/mol. The summed E-state index contributed by atoms with van der Waals surface area (Å²) in [6.45, 7) is 2.44. The number of hydrogen-bond acceptors (Lipinski definition) is 4. The molecule has 1 amide bonds.